The molecule has 2 aliphatic heterocycles. The standard InChI is InChI=1S/C16H17BrN2O2/c17-12-2-1-11(9-18)15(8-12)19-13-3-4-14(19)6-10(5-13)7-16(20)21/h1-2,8,10,13-14H,3-7H2,(H,20,21). The molecule has 2 atom stereocenters. The van der Waals surface area contributed by atoms with Gasteiger partial charge in [0.15, 0.2) is 0 Å². The molecule has 0 aromatic heterocycles. The van der Waals surface area contributed by atoms with Crippen LogP contribution in [0.2, 0.25) is 0 Å². The van der Waals surface area contributed by atoms with Gasteiger partial charge in [-0.05, 0) is 49.8 Å². The fraction of sp³-hybridized carbons (Fsp3) is 0.500. The van der Waals surface area contributed by atoms with Gasteiger partial charge in [-0.3, -0.25) is 4.79 Å². The highest BCUT2D eigenvalue weighted by Crippen LogP contribution is 2.44. The van der Waals surface area contributed by atoms with Crippen LogP contribution < -0.4 is 4.90 Å². The smallest absolute Gasteiger partial charge is 0.303 e. The lowest BCUT2D eigenvalue weighted by atomic mass is 9.87. The van der Waals surface area contributed by atoms with Gasteiger partial charge >= 0.3 is 5.97 Å². The van der Waals surface area contributed by atoms with Gasteiger partial charge < -0.3 is 10.0 Å². The lowest BCUT2D eigenvalue weighted by Gasteiger charge is -2.40. The number of benzene rings is 1. The average molecular weight is 349 g/mol. The number of halogens is 1. The Labute approximate surface area is 132 Å². The third-order valence-electron chi connectivity index (χ3n) is 4.65. The number of carboxylic acid groups (broad SMARTS) is 1. The first-order valence-corrected chi connectivity index (χ1v) is 8.07. The quantitative estimate of drug-likeness (QED) is 0.907. The molecular weight excluding hydrogens is 332 g/mol. The number of fused-ring (bicyclic) bond motifs is 2. The van der Waals surface area contributed by atoms with E-state index < -0.39 is 5.97 Å². The first-order valence-electron chi connectivity index (χ1n) is 7.28. The van der Waals surface area contributed by atoms with Crippen molar-refractivity contribution < 1.29 is 9.90 Å². The van der Waals surface area contributed by atoms with Crippen LogP contribution in [-0.4, -0.2) is 23.2 Å². The number of carboxylic acids is 1. The maximum absolute atomic E-state index is 10.9. The maximum Gasteiger partial charge on any atom is 0.303 e. The molecule has 2 bridgehead atoms. The monoisotopic (exact) mass is 348 g/mol. The van der Waals surface area contributed by atoms with Gasteiger partial charge in [0.05, 0.1) is 11.3 Å². The molecule has 21 heavy (non-hydrogen) atoms. The molecule has 5 heteroatoms. The summed E-state index contributed by atoms with van der Waals surface area (Å²) in [6.45, 7) is 0. The molecule has 0 radical (unpaired) electrons. The summed E-state index contributed by atoms with van der Waals surface area (Å²) in [6.07, 6.45) is 4.29. The zero-order valence-electron chi connectivity index (χ0n) is 11.6. The number of hydrogen-bond acceptors (Lipinski definition) is 3. The molecule has 2 heterocycles. The van der Waals surface area contributed by atoms with Crippen molar-refractivity contribution in [1.82, 2.24) is 0 Å². The molecule has 2 saturated heterocycles. The SMILES string of the molecule is N#Cc1ccc(Br)cc1N1C2CCC1CC(CC(=O)O)C2. The number of aliphatic carboxylic acids is 1. The van der Waals surface area contributed by atoms with Crippen LogP contribution in [0.5, 0.6) is 0 Å². The molecule has 0 saturated carbocycles. The van der Waals surface area contributed by atoms with Gasteiger partial charge in [0.1, 0.15) is 6.07 Å². The minimum absolute atomic E-state index is 0.268. The molecule has 1 N–H and O–H groups in total. The fourth-order valence-corrected chi connectivity index (χ4v) is 4.26. The molecule has 1 aromatic rings. The first kappa shape index (κ1) is 14.4. The van der Waals surface area contributed by atoms with Crippen molar-refractivity contribution in [2.75, 3.05) is 4.90 Å². The van der Waals surface area contributed by atoms with Crippen LogP contribution in [0.15, 0.2) is 22.7 Å². The third kappa shape index (κ3) is 2.77. The van der Waals surface area contributed by atoms with Gasteiger partial charge in [0, 0.05) is 23.0 Å². The average Bonchev–Trinajstić information content (AvgIpc) is 2.69. The number of rotatable bonds is 3. The summed E-state index contributed by atoms with van der Waals surface area (Å²) >= 11 is 3.48. The molecule has 2 unspecified atom stereocenters. The molecule has 0 aliphatic carbocycles. The number of carbonyl (C=O) groups is 1. The van der Waals surface area contributed by atoms with Crippen molar-refractivity contribution in [3.63, 3.8) is 0 Å². The molecule has 0 spiro atoms. The summed E-state index contributed by atoms with van der Waals surface area (Å²) in [5, 5.41) is 18.3. The Hall–Kier alpha value is -1.54. The minimum atomic E-state index is -0.701. The largest absolute Gasteiger partial charge is 0.481 e. The Kier molecular flexibility index (Phi) is 3.90. The fourth-order valence-electron chi connectivity index (χ4n) is 3.91. The van der Waals surface area contributed by atoms with Gasteiger partial charge in [0.25, 0.3) is 0 Å². The van der Waals surface area contributed by atoms with E-state index in [0.717, 1.165) is 35.8 Å². The summed E-state index contributed by atoms with van der Waals surface area (Å²) in [4.78, 5) is 13.3. The van der Waals surface area contributed by atoms with E-state index in [1.165, 1.54) is 0 Å². The lowest BCUT2D eigenvalue weighted by Crippen LogP contribution is -2.43. The van der Waals surface area contributed by atoms with Crippen molar-refractivity contribution in [2.45, 2.75) is 44.2 Å². The van der Waals surface area contributed by atoms with E-state index in [1.54, 1.807) is 0 Å². The zero-order valence-corrected chi connectivity index (χ0v) is 13.2. The van der Waals surface area contributed by atoms with Crippen LogP contribution >= 0.6 is 15.9 Å². The van der Waals surface area contributed by atoms with Crippen LogP contribution in [0.25, 0.3) is 0 Å². The van der Waals surface area contributed by atoms with E-state index in [0.29, 0.717) is 17.6 Å². The summed E-state index contributed by atoms with van der Waals surface area (Å²) in [6, 6.07) is 8.77. The Bertz CT molecular complexity index is 597. The van der Waals surface area contributed by atoms with Crippen LogP contribution in [0.4, 0.5) is 5.69 Å². The molecule has 1 aromatic carbocycles. The molecule has 0 amide bonds. The highest BCUT2D eigenvalue weighted by atomic mass is 79.9. The van der Waals surface area contributed by atoms with Crippen molar-refractivity contribution in [3.8, 4) is 6.07 Å². The molecular formula is C16H17BrN2O2. The van der Waals surface area contributed by atoms with E-state index in [1.807, 2.05) is 18.2 Å². The Morgan fingerprint density at radius 2 is 2.05 bits per heavy atom. The highest BCUT2D eigenvalue weighted by molar-refractivity contribution is 9.10. The van der Waals surface area contributed by atoms with Crippen molar-refractivity contribution >= 4 is 27.6 Å². The van der Waals surface area contributed by atoms with Crippen molar-refractivity contribution in [2.24, 2.45) is 5.92 Å². The van der Waals surface area contributed by atoms with Gasteiger partial charge in [-0.2, -0.15) is 5.26 Å². The van der Waals surface area contributed by atoms with Gasteiger partial charge in [-0.25, -0.2) is 0 Å². The molecule has 4 nitrogen and oxygen atoms in total. The number of piperidine rings is 1. The van der Waals surface area contributed by atoms with E-state index in [4.69, 9.17) is 5.11 Å². The second-order valence-corrected chi connectivity index (χ2v) is 6.92. The van der Waals surface area contributed by atoms with Crippen molar-refractivity contribution in [3.05, 3.63) is 28.2 Å². The Balaban J connectivity index is 1.87. The normalized spacial score (nSPS) is 27.4. The lowest BCUT2D eigenvalue weighted by molar-refractivity contribution is -0.138. The molecule has 110 valence electrons. The zero-order chi connectivity index (χ0) is 15.0. The summed E-state index contributed by atoms with van der Waals surface area (Å²) in [7, 11) is 0. The number of nitrogens with zero attached hydrogens (tertiary/aromatic N) is 2. The highest BCUT2D eigenvalue weighted by Gasteiger charge is 2.41. The maximum atomic E-state index is 10.9. The number of hydrogen-bond donors (Lipinski definition) is 1. The van der Waals surface area contributed by atoms with Gasteiger partial charge in [-0.1, -0.05) is 15.9 Å². The predicted octanol–water partition coefficient (Wildman–Crippen LogP) is 3.54. The van der Waals surface area contributed by atoms with Crippen molar-refractivity contribution in [1.29, 1.82) is 5.26 Å². The van der Waals surface area contributed by atoms with E-state index in [2.05, 4.69) is 26.9 Å². The van der Waals surface area contributed by atoms with Crippen LogP contribution in [0, 0.1) is 17.2 Å². The van der Waals surface area contributed by atoms with Crippen LogP contribution in [0.3, 0.4) is 0 Å². The summed E-state index contributed by atoms with van der Waals surface area (Å²) in [5.74, 6) is -0.429. The van der Waals surface area contributed by atoms with Gasteiger partial charge in [-0.15, -0.1) is 0 Å². The predicted molar refractivity (Wildman–Crippen MR) is 83.1 cm³/mol. The second-order valence-electron chi connectivity index (χ2n) is 6.00. The third-order valence-corrected chi connectivity index (χ3v) is 5.15. The van der Waals surface area contributed by atoms with Crippen LogP contribution in [-0.2, 0) is 4.79 Å². The number of anilines is 1. The topological polar surface area (TPSA) is 64.3 Å². The second kappa shape index (κ2) is 5.69. The minimum Gasteiger partial charge on any atom is -0.481 e. The first-order chi connectivity index (χ1) is 10.1. The Morgan fingerprint density at radius 1 is 1.38 bits per heavy atom. The molecule has 2 aliphatic rings. The molecule has 3 rings (SSSR count). The van der Waals surface area contributed by atoms with E-state index >= 15 is 0 Å². The van der Waals surface area contributed by atoms with E-state index in [-0.39, 0.29) is 12.3 Å². The number of nitriles is 1. The summed E-state index contributed by atoms with van der Waals surface area (Å²) in [5.41, 5.74) is 1.69. The Morgan fingerprint density at radius 3 is 2.62 bits per heavy atom. The molecule has 2 fully saturated rings. The van der Waals surface area contributed by atoms with E-state index in [9.17, 15) is 10.1 Å². The van der Waals surface area contributed by atoms with Gasteiger partial charge in [0.2, 0.25) is 0 Å². The van der Waals surface area contributed by atoms with Crippen LogP contribution in [0.1, 0.15) is 37.7 Å². The summed E-state index contributed by atoms with van der Waals surface area (Å²) < 4.78 is 0.976.